The zero-order valence-corrected chi connectivity index (χ0v) is 10.8. The van der Waals surface area contributed by atoms with Gasteiger partial charge in [0.25, 0.3) is 0 Å². The first-order chi connectivity index (χ1) is 8.39. The van der Waals surface area contributed by atoms with E-state index in [9.17, 15) is 10.2 Å². The summed E-state index contributed by atoms with van der Waals surface area (Å²) >= 11 is 0. The van der Waals surface area contributed by atoms with Crippen molar-refractivity contribution in [3.63, 3.8) is 0 Å². The summed E-state index contributed by atoms with van der Waals surface area (Å²) in [5, 5.41) is 20.2. The fraction of sp³-hybridized carbons (Fsp3) is 0.267. The van der Waals surface area contributed by atoms with Crippen molar-refractivity contribution >= 4 is 0 Å². The molecule has 0 spiro atoms. The molecule has 0 unspecified atom stereocenters. The molecule has 0 fully saturated rings. The number of phenols is 2. The van der Waals surface area contributed by atoms with Crippen molar-refractivity contribution < 1.29 is 10.2 Å². The van der Waals surface area contributed by atoms with Crippen LogP contribution >= 0.6 is 0 Å². The molecule has 0 aliphatic heterocycles. The van der Waals surface area contributed by atoms with Crippen LogP contribution in [0.2, 0.25) is 0 Å². The number of aromatic hydroxyl groups is 2. The molecule has 0 atom stereocenters. The van der Waals surface area contributed by atoms with Crippen LogP contribution in [0.3, 0.4) is 0 Å². The predicted molar refractivity (Wildman–Crippen MR) is 71.7 cm³/mol. The molecule has 0 radical (unpaired) electrons. The lowest BCUT2D eigenvalue weighted by atomic mass is 9.85. The van der Waals surface area contributed by atoms with Crippen molar-refractivity contribution in [3.05, 3.63) is 42.1 Å². The van der Waals surface area contributed by atoms with E-state index in [4.69, 9.17) is 0 Å². The van der Waals surface area contributed by atoms with E-state index < -0.39 is 0 Å². The highest BCUT2D eigenvalue weighted by molar-refractivity contribution is 5.70. The van der Waals surface area contributed by atoms with Crippen molar-refractivity contribution in [2.75, 3.05) is 0 Å². The van der Waals surface area contributed by atoms with E-state index >= 15 is 0 Å². The monoisotopic (exact) mass is 243 g/mol. The van der Waals surface area contributed by atoms with Gasteiger partial charge in [0.05, 0.1) is 5.69 Å². The van der Waals surface area contributed by atoms with Gasteiger partial charge in [-0.15, -0.1) is 0 Å². The number of hydrogen-bond donors (Lipinski definition) is 2. The molecule has 2 N–H and O–H groups in total. The van der Waals surface area contributed by atoms with Gasteiger partial charge in [-0.3, -0.25) is 4.98 Å². The summed E-state index contributed by atoms with van der Waals surface area (Å²) in [7, 11) is 0. The first kappa shape index (κ1) is 12.4. The molecule has 18 heavy (non-hydrogen) atoms. The lowest BCUT2D eigenvalue weighted by Gasteiger charge is -2.21. The standard InChI is InChI=1S/C15H17NO2/c1-15(2,3)11-9-13(17)10(8-14(11)18)12-6-4-5-7-16-12/h4-9,17-18H,1-3H3. The van der Waals surface area contributed by atoms with Gasteiger partial charge < -0.3 is 10.2 Å². The maximum Gasteiger partial charge on any atom is 0.125 e. The Morgan fingerprint density at radius 3 is 2.28 bits per heavy atom. The number of pyridine rings is 1. The third-order valence-electron chi connectivity index (χ3n) is 2.86. The van der Waals surface area contributed by atoms with Gasteiger partial charge in [-0.2, -0.15) is 0 Å². The molecule has 2 aromatic rings. The van der Waals surface area contributed by atoms with E-state index in [1.54, 1.807) is 24.4 Å². The minimum absolute atomic E-state index is 0.136. The molecule has 3 nitrogen and oxygen atoms in total. The summed E-state index contributed by atoms with van der Waals surface area (Å²) in [6.45, 7) is 5.96. The molecule has 1 aromatic carbocycles. The van der Waals surface area contributed by atoms with Gasteiger partial charge in [0.1, 0.15) is 11.5 Å². The van der Waals surface area contributed by atoms with Crippen LogP contribution in [-0.4, -0.2) is 15.2 Å². The molecule has 3 heteroatoms. The van der Waals surface area contributed by atoms with Crippen LogP contribution in [0, 0.1) is 0 Å². The van der Waals surface area contributed by atoms with E-state index in [2.05, 4.69) is 4.98 Å². The molecule has 1 heterocycles. The quantitative estimate of drug-likeness (QED) is 0.754. The number of nitrogens with zero attached hydrogens (tertiary/aromatic N) is 1. The maximum atomic E-state index is 10.1. The van der Waals surface area contributed by atoms with E-state index in [0.717, 1.165) is 5.56 Å². The summed E-state index contributed by atoms with van der Waals surface area (Å²) in [4.78, 5) is 4.17. The molecule has 0 aliphatic carbocycles. The summed E-state index contributed by atoms with van der Waals surface area (Å²) < 4.78 is 0. The Kier molecular flexibility index (Phi) is 2.99. The van der Waals surface area contributed by atoms with Crippen LogP contribution in [0.25, 0.3) is 11.3 Å². The third-order valence-corrected chi connectivity index (χ3v) is 2.86. The number of rotatable bonds is 1. The average Bonchev–Trinajstić information content (AvgIpc) is 2.31. The van der Waals surface area contributed by atoms with Crippen molar-refractivity contribution in [1.29, 1.82) is 0 Å². The molecule has 0 amide bonds. The molecule has 2 rings (SSSR count). The largest absolute Gasteiger partial charge is 0.508 e. The molecular formula is C15H17NO2. The summed E-state index contributed by atoms with van der Waals surface area (Å²) in [5.74, 6) is 0.317. The topological polar surface area (TPSA) is 53.4 Å². The molecular weight excluding hydrogens is 226 g/mol. The first-order valence-electron chi connectivity index (χ1n) is 5.87. The molecule has 0 bridgehead atoms. The SMILES string of the molecule is CC(C)(C)c1cc(O)c(-c2ccccn2)cc1O. The van der Waals surface area contributed by atoms with E-state index in [1.807, 2.05) is 32.9 Å². The van der Waals surface area contributed by atoms with Gasteiger partial charge in [0, 0.05) is 17.3 Å². The molecule has 0 aliphatic rings. The molecule has 0 saturated carbocycles. The second kappa shape index (κ2) is 4.33. The Balaban J connectivity index is 2.57. The lowest BCUT2D eigenvalue weighted by molar-refractivity contribution is 0.436. The zero-order valence-electron chi connectivity index (χ0n) is 10.8. The van der Waals surface area contributed by atoms with Crippen LogP contribution in [0.4, 0.5) is 0 Å². The summed E-state index contributed by atoms with van der Waals surface area (Å²) in [6.07, 6.45) is 1.66. The normalized spacial score (nSPS) is 11.5. The predicted octanol–water partition coefficient (Wildman–Crippen LogP) is 3.46. The highest BCUT2D eigenvalue weighted by Crippen LogP contribution is 2.39. The Morgan fingerprint density at radius 2 is 1.72 bits per heavy atom. The van der Waals surface area contributed by atoms with E-state index in [1.165, 1.54) is 0 Å². The van der Waals surface area contributed by atoms with Gasteiger partial charge in [0.15, 0.2) is 0 Å². The van der Waals surface area contributed by atoms with Crippen LogP contribution in [-0.2, 0) is 5.41 Å². The third kappa shape index (κ3) is 2.30. The van der Waals surface area contributed by atoms with E-state index in [-0.39, 0.29) is 16.9 Å². The number of aromatic nitrogens is 1. The van der Waals surface area contributed by atoms with Crippen LogP contribution in [0.5, 0.6) is 11.5 Å². The van der Waals surface area contributed by atoms with Gasteiger partial charge in [-0.25, -0.2) is 0 Å². The Labute approximate surface area is 107 Å². The van der Waals surface area contributed by atoms with Crippen molar-refractivity contribution in [2.24, 2.45) is 0 Å². The van der Waals surface area contributed by atoms with Crippen molar-refractivity contribution in [1.82, 2.24) is 4.98 Å². The van der Waals surface area contributed by atoms with Crippen molar-refractivity contribution in [2.45, 2.75) is 26.2 Å². The van der Waals surface area contributed by atoms with Gasteiger partial charge in [0.2, 0.25) is 0 Å². The summed E-state index contributed by atoms with van der Waals surface area (Å²) in [6, 6.07) is 8.63. The minimum Gasteiger partial charge on any atom is -0.508 e. The highest BCUT2D eigenvalue weighted by atomic mass is 16.3. The zero-order chi connectivity index (χ0) is 13.3. The second-order valence-corrected chi connectivity index (χ2v) is 5.35. The average molecular weight is 243 g/mol. The van der Waals surface area contributed by atoms with Crippen molar-refractivity contribution in [3.8, 4) is 22.8 Å². The Bertz CT molecular complexity index is 557. The highest BCUT2D eigenvalue weighted by Gasteiger charge is 2.21. The number of phenolic OH excluding ortho intramolecular Hbond substituents is 2. The maximum absolute atomic E-state index is 10.1. The summed E-state index contributed by atoms with van der Waals surface area (Å²) in [5.41, 5.74) is 1.69. The smallest absolute Gasteiger partial charge is 0.125 e. The molecule has 0 saturated heterocycles. The Morgan fingerprint density at radius 1 is 1.00 bits per heavy atom. The fourth-order valence-corrected chi connectivity index (χ4v) is 1.90. The lowest BCUT2D eigenvalue weighted by Crippen LogP contribution is -2.11. The Hall–Kier alpha value is -2.03. The van der Waals surface area contributed by atoms with Gasteiger partial charge in [-0.05, 0) is 29.7 Å². The van der Waals surface area contributed by atoms with Crippen LogP contribution < -0.4 is 0 Å². The number of benzene rings is 1. The first-order valence-corrected chi connectivity index (χ1v) is 5.87. The molecule has 1 aromatic heterocycles. The fourth-order valence-electron chi connectivity index (χ4n) is 1.90. The number of hydrogen-bond acceptors (Lipinski definition) is 3. The van der Waals surface area contributed by atoms with Crippen LogP contribution in [0.1, 0.15) is 26.3 Å². The van der Waals surface area contributed by atoms with E-state index in [0.29, 0.717) is 11.3 Å². The molecule has 94 valence electrons. The van der Waals surface area contributed by atoms with Gasteiger partial charge >= 0.3 is 0 Å². The van der Waals surface area contributed by atoms with Crippen LogP contribution in [0.15, 0.2) is 36.5 Å². The minimum atomic E-state index is -0.218. The second-order valence-electron chi connectivity index (χ2n) is 5.35. The van der Waals surface area contributed by atoms with Gasteiger partial charge in [-0.1, -0.05) is 26.8 Å².